The Morgan fingerprint density at radius 2 is 1.13 bits per heavy atom. The fraction of sp³-hybridized carbons (Fsp3) is 0.136. The van der Waals surface area contributed by atoms with Gasteiger partial charge in [-0.1, -0.05) is 73.2 Å². The number of nitrogens with zero attached hydrogens (tertiary/aromatic N) is 1. The van der Waals surface area contributed by atoms with Gasteiger partial charge in [0, 0.05) is 5.92 Å². The molecule has 1 atom stereocenters. The lowest BCUT2D eigenvalue weighted by Crippen LogP contribution is -1.96. The number of aryl methyl sites for hydroxylation is 1. The van der Waals surface area contributed by atoms with E-state index in [1.165, 1.54) is 22.3 Å². The second-order valence-electron chi connectivity index (χ2n) is 5.94. The van der Waals surface area contributed by atoms with E-state index in [0.717, 1.165) is 5.56 Å². The zero-order valence-electron chi connectivity index (χ0n) is 13.5. The zero-order chi connectivity index (χ0) is 16.2. The van der Waals surface area contributed by atoms with Crippen LogP contribution < -0.4 is 0 Å². The summed E-state index contributed by atoms with van der Waals surface area (Å²) in [5.74, 6) is 0.380. The zero-order valence-corrected chi connectivity index (χ0v) is 13.5. The molecule has 23 heavy (non-hydrogen) atoms. The SMILES string of the molecule is Cc1ccc(C(C)c2ccc(-c3ccc(C#N)cc3)cc2)cc1. The van der Waals surface area contributed by atoms with E-state index >= 15 is 0 Å². The number of hydrogen-bond donors (Lipinski definition) is 0. The van der Waals surface area contributed by atoms with Crippen LogP contribution in [0.2, 0.25) is 0 Å². The third-order valence-corrected chi connectivity index (χ3v) is 4.34. The van der Waals surface area contributed by atoms with Gasteiger partial charge in [-0.2, -0.15) is 5.26 Å². The van der Waals surface area contributed by atoms with Crippen LogP contribution in [0.25, 0.3) is 11.1 Å². The van der Waals surface area contributed by atoms with Crippen LogP contribution >= 0.6 is 0 Å². The first kappa shape index (κ1) is 15.1. The minimum absolute atomic E-state index is 0.380. The number of nitriles is 1. The second-order valence-corrected chi connectivity index (χ2v) is 5.94. The third-order valence-electron chi connectivity index (χ3n) is 4.34. The van der Waals surface area contributed by atoms with Crippen molar-refractivity contribution in [1.82, 2.24) is 0 Å². The molecule has 0 N–H and O–H groups in total. The Morgan fingerprint density at radius 3 is 1.61 bits per heavy atom. The second kappa shape index (κ2) is 6.50. The van der Waals surface area contributed by atoms with E-state index in [0.29, 0.717) is 11.5 Å². The first-order valence-electron chi connectivity index (χ1n) is 7.84. The van der Waals surface area contributed by atoms with Crippen molar-refractivity contribution < 1.29 is 0 Å². The van der Waals surface area contributed by atoms with Gasteiger partial charge in [-0.05, 0) is 41.3 Å². The highest BCUT2D eigenvalue weighted by Crippen LogP contribution is 2.27. The van der Waals surface area contributed by atoms with E-state index < -0.39 is 0 Å². The summed E-state index contributed by atoms with van der Waals surface area (Å²) in [5.41, 5.74) is 6.94. The van der Waals surface area contributed by atoms with E-state index in [2.05, 4.69) is 68.4 Å². The van der Waals surface area contributed by atoms with Crippen molar-refractivity contribution in [3.8, 4) is 17.2 Å². The van der Waals surface area contributed by atoms with Crippen molar-refractivity contribution in [2.24, 2.45) is 0 Å². The van der Waals surface area contributed by atoms with E-state index in [-0.39, 0.29) is 0 Å². The molecule has 112 valence electrons. The first-order valence-corrected chi connectivity index (χ1v) is 7.84. The van der Waals surface area contributed by atoms with Crippen LogP contribution in [0.5, 0.6) is 0 Å². The highest BCUT2D eigenvalue weighted by Gasteiger charge is 2.08. The van der Waals surface area contributed by atoms with E-state index in [4.69, 9.17) is 5.26 Å². The summed E-state index contributed by atoms with van der Waals surface area (Å²) >= 11 is 0. The minimum Gasteiger partial charge on any atom is -0.192 e. The quantitative estimate of drug-likeness (QED) is 0.609. The minimum atomic E-state index is 0.380. The average molecular weight is 297 g/mol. The summed E-state index contributed by atoms with van der Waals surface area (Å²) < 4.78 is 0. The van der Waals surface area contributed by atoms with Crippen molar-refractivity contribution in [2.75, 3.05) is 0 Å². The van der Waals surface area contributed by atoms with Crippen molar-refractivity contribution in [3.05, 3.63) is 95.1 Å². The lowest BCUT2D eigenvalue weighted by molar-refractivity contribution is 0.921. The Morgan fingerprint density at radius 1 is 0.696 bits per heavy atom. The molecule has 0 aromatic heterocycles. The summed E-state index contributed by atoms with van der Waals surface area (Å²) in [6.07, 6.45) is 0. The molecular formula is C22H19N. The van der Waals surface area contributed by atoms with Crippen molar-refractivity contribution >= 4 is 0 Å². The molecule has 0 radical (unpaired) electrons. The molecule has 3 aromatic rings. The molecule has 0 aliphatic rings. The van der Waals surface area contributed by atoms with Crippen molar-refractivity contribution in [1.29, 1.82) is 5.26 Å². The maximum atomic E-state index is 8.87. The van der Waals surface area contributed by atoms with Crippen molar-refractivity contribution in [3.63, 3.8) is 0 Å². The highest BCUT2D eigenvalue weighted by molar-refractivity contribution is 5.64. The fourth-order valence-electron chi connectivity index (χ4n) is 2.75. The van der Waals surface area contributed by atoms with Gasteiger partial charge in [-0.3, -0.25) is 0 Å². The van der Waals surface area contributed by atoms with Crippen LogP contribution in [0.4, 0.5) is 0 Å². The summed E-state index contributed by atoms with van der Waals surface area (Å²) in [7, 11) is 0. The molecule has 3 aromatic carbocycles. The van der Waals surface area contributed by atoms with E-state index in [1.807, 2.05) is 24.3 Å². The normalized spacial score (nSPS) is 11.7. The van der Waals surface area contributed by atoms with Gasteiger partial charge in [0.2, 0.25) is 0 Å². The molecule has 1 unspecified atom stereocenters. The van der Waals surface area contributed by atoms with Gasteiger partial charge in [0.1, 0.15) is 0 Å². The summed E-state index contributed by atoms with van der Waals surface area (Å²) in [4.78, 5) is 0. The molecule has 0 saturated carbocycles. The molecule has 0 saturated heterocycles. The Labute approximate surface area is 137 Å². The van der Waals surface area contributed by atoms with Crippen LogP contribution in [0.15, 0.2) is 72.8 Å². The maximum Gasteiger partial charge on any atom is 0.0991 e. The van der Waals surface area contributed by atoms with Crippen molar-refractivity contribution in [2.45, 2.75) is 19.8 Å². The Hall–Kier alpha value is -2.85. The fourth-order valence-corrected chi connectivity index (χ4v) is 2.75. The van der Waals surface area contributed by atoms with E-state index in [1.54, 1.807) is 0 Å². The molecular weight excluding hydrogens is 278 g/mol. The van der Waals surface area contributed by atoms with Crippen LogP contribution in [0.3, 0.4) is 0 Å². The van der Waals surface area contributed by atoms with Gasteiger partial charge in [0.25, 0.3) is 0 Å². The van der Waals surface area contributed by atoms with Crippen LogP contribution in [0.1, 0.15) is 35.1 Å². The molecule has 0 bridgehead atoms. The lowest BCUT2D eigenvalue weighted by Gasteiger charge is -2.13. The van der Waals surface area contributed by atoms with Gasteiger partial charge < -0.3 is 0 Å². The number of rotatable bonds is 3. The molecule has 0 aliphatic carbocycles. The van der Waals surface area contributed by atoms with Crippen LogP contribution in [-0.2, 0) is 0 Å². The molecule has 1 nitrogen and oxygen atoms in total. The van der Waals surface area contributed by atoms with Gasteiger partial charge in [-0.25, -0.2) is 0 Å². The summed E-state index contributed by atoms with van der Waals surface area (Å²) in [5, 5.41) is 8.87. The summed E-state index contributed by atoms with van der Waals surface area (Å²) in [6, 6.07) is 27.3. The molecule has 0 heterocycles. The molecule has 1 heteroatoms. The lowest BCUT2D eigenvalue weighted by atomic mass is 9.91. The topological polar surface area (TPSA) is 23.8 Å². The predicted molar refractivity (Wildman–Crippen MR) is 95.3 cm³/mol. The maximum absolute atomic E-state index is 8.87. The highest BCUT2D eigenvalue weighted by atomic mass is 14.2. The van der Waals surface area contributed by atoms with Gasteiger partial charge in [0.05, 0.1) is 11.6 Å². The van der Waals surface area contributed by atoms with Gasteiger partial charge in [0.15, 0.2) is 0 Å². The third kappa shape index (κ3) is 3.33. The summed E-state index contributed by atoms with van der Waals surface area (Å²) in [6.45, 7) is 4.35. The molecule has 0 fully saturated rings. The molecule has 0 amide bonds. The Balaban J connectivity index is 1.83. The average Bonchev–Trinajstić information content (AvgIpc) is 2.62. The molecule has 0 aliphatic heterocycles. The van der Waals surface area contributed by atoms with Gasteiger partial charge >= 0.3 is 0 Å². The van der Waals surface area contributed by atoms with Crippen LogP contribution in [-0.4, -0.2) is 0 Å². The predicted octanol–water partition coefficient (Wildman–Crippen LogP) is 5.69. The first-order chi connectivity index (χ1) is 11.2. The van der Waals surface area contributed by atoms with Crippen LogP contribution in [0, 0.1) is 18.3 Å². The Bertz CT molecular complexity index is 819. The largest absolute Gasteiger partial charge is 0.192 e. The molecule has 0 spiro atoms. The monoisotopic (exact) mass is 297 g/mol. The smallest absolute Gasteiger partial charge is 0.0991 e. The van der Waals surface area contributed by atoms with E-state index in [9.17, 15) is 0 Å². The van der Waals surface area contributed by atoms with Gasteiger partial charge in [-0.15, -0.1) is 0 Å². The standard InChI is InChI=1S/C22H19N/c1-16-3-7-19(8-4-16)17(2)20-11-13-22(14-12-20)21-9-5-18(15-23)6-10-21/h3-14,17H,1-2H3. The molecule has 3 rings (SSSR count). The number of benzene rings is 3. The Kier molecular flexibility index (Phi) is 4.26. The number of hydrogen-bond acceptors (Lipinski definition) is 1.